The summed E-state index contributed by atoms with van der Waals surface area (Å²) in [5.74, 6) is -1.80. The van der Waals surface area contributed by atoms with E-state index in [1.54, 1.807) is 20.8 Å². The van der Waals surface area contributed by atoms with Crippen molar-refractivity contribution < 1.29 is 28.7 Å². The fourth-order valence-electron chi connectivity index (χ4n) is 5.87. The summed E-state index contributed by atoms with van der Waals surface area (Å²) in [6.45, 7) is 7.80. The number of carbonyl (C=O) groups excluding carboxylic acids is 4. The number of fused-ring (bicyclic) bond motifs is 4. The highest BCUT2D eigenvalue weighted by molar-refractivity contribution is 6.25. The summed E-state index contributed by atoms with van der Waals surface area (Å²) in [5, 5.41) is 6.74. The number of ether oxygens (including phenoxy) is 1. The van der Waals surface area contributed by atoms with Gasteiger partial charge in [0.05, 0.1) is 5.92 Å². The number of amides is 2. The highest BCUT2D eigenvalue weighted by atomic mass is 16.6. The van der Waals surface area contributed by atoms with Crippen LogP contribution in [0.1, 0.15) is 52.0 Å². The number of carbonyl (C=O) groups is 4. The molecule has 5 rings (SSSR count). The second-order valence-corrected chi connectivity index (χ2v) is 12.1. The monoisotopic (exact) mass is 564 g/mol. The minimum Gasteiger partial charge on any atom is -0.458 e. The summed E-state index contributed by atoms with van der Waals surface area (Å²) in [6.07, 6.45) is 4.65. The number of para-hydroxylation sites is 1. The molecule has 3 fully saturated rings. The number of rotatable bonds is 11. The molecule has 3 aliphatic rings. The first-order valence-electron chi connectivity index (χ1n) is 14.2. The normalized spacial score (nSPS) is 21.4. The largest absolute Gasteiger partial charge is 0.458 e. The van der Waals surface area contributed by atoms with Crippen LogP contribution in [0.15, 0.2) is 30.5 Å². The number of aromatic nitrogens is 1. The smallest absolute Gasteiger partial charge is 0.329 e. The molecule has 2 bridgehead atoms. The molecule has 0 aliphatic carbocycles. The first-order valence-corrected chi connectivity index (χ1v) is 14.2. The van der Waals surface area contributed by atoms with Crippen LogP contribution in [0.25, 0.3) is 16.4 Å². The molecule has 3 aliphatic heterocycles. The van der Waals surface area contributed by atoms with E-state index in [9.17, 15) is 19.2 Å². The Balaban J connectivity index is 1.58. The average Bonchev–Trinajstić information content (AvgIpc) is 3.25. The van der Waals surface area contributed by atoms with E-state index in [2.05, 4.69) is 20.3 Å². The number of aryl methyl sites for hydroxylation is 1. The Morgan fingerprint density at radius 1 is 1.12 bits per heavy atom. The molecule has 4 heterocycles. The molecular weight excluding hydrogens is 524 g/mol. The summed E-state index contributed by atoms with van der Waals surface area (Å²) >= 11 is 0. The molecule has 1 unspecified atom stereocenters. The van der Waals surface area contributed by atoms with Gasteiger partial charge in [-0.05, 0) is 70.7 Å². The maximum Gasteiger partial charge on any atom is 0.329 e. The van der Waals surface area contributed by atoms with Crippen molar-refractivity contribution in [3.63, 3.8) is 0 Å². The summed E-state index contributed by atoms with van der Waals surface area (Å²) in [7, 11) is 1.93. The fourth-order valence-corrected chi connectivity index (χ4v) is 5.87. The van der Waals surface area contributed by atoms with Crippen LogP contribution in [0.2, 0.25) is 0 Å². The summed E-state index contributed by atoms with van der Waals surface area (Å²) < 4.78 is 7.50. The average molecular weight is 565 g/mol. The zero-order valence-corrected chi connectivity index (χ0v) is 24.3. The van der Waals surface area contributed by atoms with Crippen LogP contribution >= 0.6 is 0 Å². The molecule has 3 saturated heterocycles. The van der Waals surface area contributed by atoms with Gasteiger partial charge in [0.1, 0.15) is 17.7 Å². The zero-order valence-electron chi connectivity index (χ0n) is 24.3. The van der Waals surface area contributed by atoms with Gasteiger partial charge in [-0.2, -0.15) is 4.79 Å². The minimum absolute atomic E-state index is 0.0555. The molecule has 0 radical (unpaired) electrons. The summed E-state index contributed by atoms with van der Waals surface area (Å²) in [5.41, 5.74) is 9.75. The van der Waals surface area contributed by atoms with Gasteiger partial charge < -0.3 is 30.4 Å². The predicted molar refractivity (Wildman–Crippen MR) is 153 cm³/mol. The zero-order chi connectivity index (χ0) is 29.7. The van der Waals surface area contributed by atoms with Crippen molar-refractivity contribution in [2.24, 2.45) is 18.9 Å². The molecule has 2 amide bonds. The van der Waals surface area contributed by atoms with Crippen LogP contribution in [-0.4, -0.2) is 81.4 Å². The molecule has 1 aromatic heterocycles. The number of nitrogens with zero attached hydrogens (tertiary/aromatic N) is 4. The minimum atomic E-state index is -1.14. The number of hydrogen-bond acceptors (Lipinski definition) is 6. The lowest BCUT2D eigenvalue weighted by molar-refractivity contribution is -0.159. The van der Waals surface area contributed by atoms with Crippen LogP contribution in [-0.2, 0) is 37.4 Å². The molecule has 2 aromatic rings. The van der Waals surface area contributed by atoms with Crippen molar-refractivity contribution in [3.8, 4) is 0 Å². The van der Waals surface area contributed by atoms with Crippen molar-refractivity contribution in [1.82, 2.24) is 20.1 Å². The molecule has 2 N–H and O–H groups in total. The van der Waals surface area contributed by atoms with Gasteiger partial charge >= 0.3 is 12.2 Å². The van der Waals surface area contributed by atoms with E-state index in [1.807, 2.05) is 42.1 Å². The van der Waals surface area contributed by atoms with Crippen molar-refractivity contribution in [3.05, 3.63) is 41.6 Å². The number of hydrogen-bond donors (Lipinski definition) is 2. The second kappa shape index (κ2) is 12.8. The maximum atomic E-state index is 13.8. The molecule has 0 saturated carbocycles. The lowest BCUT2D eigenvalue weighted by Crippen LogP contribution is -2.57. The third-order valence-corrected chi connectivity index (χ3v) is 7.92. The van der Waals surface area contributed by atoms with Crippen molar-refractivity contribution in [2.45, 2.75) is 70.6 Å². The van der Waals surface area contributed by atoms with E-state index in [0.717, 1.165) is 48.6 Å². The Hall–Kier alpha value is -3.82. The molecular formula is C30H40N6O5. The van der Waals surface area contributed by atoms with E-state index in [1.165, 1.54) is 0 Å². The van der Waals surface area contributed by atoms with Crippen LogP contribution in [0.3, 0.4) is 0 Å². The number of Topliss-reactive ketones (excluding diaryl/α,β-unsaturated/α-hetero) is 1. The molecule has 41 heavy (non-hydrogen) atoms. The predicted octanol–water partition coefficient (Wildman–Crippen LogP) is 2.02. The molecule has 0 spiro atoms. The van der Waals surface area contributed by atoms with Gasteiger partial charge in [-0.25, -0.2) is 4.79 Å². The molecule has 11 nitrogen and oxygen atoms in total. The van der Waals surface area contributed by atoms with E-state index in [0.29, 0.717) is 6.54 Å². The first kappa shape index (κ1) is 30.1. The third-order valence-electron chi connectivity index (χ3n) is 7.92. The lowest BCUT2D eigenvalue weighted by atomic mass is 9.78. The molecule has 1 aromatic carbocycles. The second-order valence-electron chi connectivity index (χ2n) is 12.1. The maximum absolute atomic E-state index is 13.8. The van der Waals surface area contributed by atoms with Crippen molar-refractivity contribution in [1.29, 1.82) is 0 Å². The third kappa shape index (κ3) is 7.68. The van der Waals surface area contributed by atoms with Crippen molar-refractivity contribution in [2.75, 3.05) is 19.6 Å². The van der Waals surface area contributed by atoms with E-state index in [-0.39, 0.29) is 37.0 Å². The molecule has 3 atom stereocenters. The van der Waals surface area contributed by atoms with E-state index >= 15 is 0 Å². The van der Waals surface area contributed by atoms with Crippen LogP contribution < -0.4 is 10.6 Å². The van der Waals surface area contributed by atoms with Gasteiger partial charge in [-0.3, -0.25) is 14.4 Å². The number of ketones is 1. The fraction of sp³-hybridized carbons (Fsp3) is 0.567. The van der Waals surface area contributed by atoms with E-state index in [4.69, 9.17) is 10.3 Å². The van der Waals surface area contributed by atoms with Crippen molar-refractivity contribution >= 4 is 40.7 Å². The standard InChI is InChI=1S/C30H40N6O5/c1-30(2,3)41-29(40)24(10-9-21(37)16-32-31)33-28(39)25(15-20-17-35(4)26-8-6-5-7-22(20)26)34-27(38)23-18-36-13-11-19(23)12-14-36/h5-8,16-17,19,23-25H,9-15,18H2,1-4H3,(H,33,39)(H,34,38)/t23?,24-,25-/m0/s1. The van der Waals surface area contributed by atoms with Crippen LogP contribution in [0, 0.1) is 11.8 Å². The number of benzene rings is 1. The van der Waals surface area contributed by atoms with Gasteiger partial charge in [-0.15, -0.1) is 0 Å². The van der Waals surface area contributed by atoms with Gasteiger partial charge in [0.25, 0.3) is 0 Å². The Labute approximate surface area is 240 Å². The van der Waals surface area contributed by atoms with Gasteiger partial charge in [0.2, 0.25) is 17.6 Å². The quantitative estimate of drug-likeness (QED) is 0.185. The lowest BCUT2D eigenvalue weighted by Gasteiger charge is -2.44. The number of nitrogens with one attached hydrogen (secondary N) is 2. The van der Waals surface area contributed by atoms with Gasteiger partial charge in [0.15, 0.2) is 0 Å². The van der Waals surface area contributed by atoms with Gasteiger partial charge in [0, 0.05) is 43.5 Å². The van der Waals surface area contributed by atoms with Gasteiger partial charge in [-0.1, -0.05) is 18.2 Å². The van der Waals surface area contributed by atoms with E-state index < -0.39 is 35.3 Å². The highest BCUT2D eigenvalue weighted by Gasteiger charge is 2.40. The SMILES string of the molecule is Cn1cc(C[C@H](NC(=O)C2CN3CCC2CC3)C(=O)N[C@@H](CCC(=O)C=[N+]=[N-])C(=O)OC(C)(C)C)c2ccccc21. The molecule has 220 valence electrons. The number of piperidine rings is 3. The Kier molecular flexibility index (Phi) is 9.40. The highest BCUT2D eigenvalue weighted by Crippen LogP contribution is 2.32. The Bertz CT molecular complexity index is 1350. The molecule has 11 heteroatoms. The Morgan fingerprint density at radius 3 is 2.46 bits per heavy atom. The van der Waals surface area contributed by atoms with Crippen LogP contribution in [0.4, 0.5) is 0 Å². The van der Waals surface area contributed by atoms with Crippen LogP contribution in [0.5, 0.6) is 0 Å². The first-order chi connectivity index (χ1) is 19.4. The summed E-state index contributed by atoms with van der Waals surface area (Å²) in [4.78, 5) is 57.4. The topological polar surface area (TPSA) is 146 Å². The Morgan fingerprint density at radius 2 is 1.83 bits per heavy atom. The number of esters is 1. The summed E-state index contributed by atoms with van der Waals surface area (Å²) in [6, 6.07) is 5.75.